The van der Waals surface area contributed by atoms with Crippen LogP contribution in [0.4, 0.5) is 0 Å². The monoisotopic (exact) mass is 259 g/mol. The molecule has 1 heterocycles. The van der Waals surface area contributed by atoms with E-state index in [1.54, 1.807) is 0 Å². The molecule has 19 heavy (non-hydrogen) atoms. The van der Waals surface area contributed by atoms with Gasteiger partial charge < -0.3 is 4.74 Å². The van der Waals surface area contributed by atoms with Gasteiger partial charge in [-0.3, -0.25) is 9.69 Å². The van der Waals surface area contributed by atoms with Crippen molar-refractivity contribution in [3.8, 4) is 0 Å². The first-order chi connectivity index (χ1) is 9.08. The minimum absolute atomic E-state index is 0.172. The third-order valence-electron chi connectivity index (χ3n) is 3.66. The number of benzene rings is 1. The number of ether oxygens (including phenoxy) is 1. The third-order valence-corrected chi connectivity index (χ3v) is 3.66. The fourth-order valence-corrected chi connectivity index (χ4v) is 2.57. The Morgan fingerprint density at radius 1 is 1.42 bits per heavy atom. The number of hydrogen-bond acceptors (Lipinski definition) is 3. The van der Waals surface area contributed by atoms with E-state index in [-0.39, 0.29) is 18.1 Å². The molecule has 0 amide bonds. The molecule has 0 aliphatic carbocycles. The Kier molecular flexibility index (Phi) is 4.38. The molecule has 3 nitrogen and oxygen atoms in total. The zero-order chi connectivity index (χ0) is 13.8. The Hall–Kier alpha value is -1.61. The summed E-state index contributed by atoms with van der Waals surface area (Å²) in [5.74, 6) is -0.237. The number of rotatable bonds is 3. The maximum absolute atomic E-state index is 11.2. The topological polar surface area (TPSA) is 29.5 Å². The molecule has 0 aromatic heterocycles. The average molecular weight is 259 g/mol. The minimum Gasteiger partial charge on any atom is -0.456 e. The minimum atomic E-state index is -0.237. The summed E-state index contributed by atoms with van der Waals surface area (Å²) in [4.78, 5) is 13.5. The fourth-order valence-electron chi connectivity index (χ4n) is 2.57. The summed E-state index contributed by atoms with van der Waals surface area (Å²) in [5, 5.41) is 0. The molecular weight excluding hydrogens is 238 g/mol. The Bertz CT molecular complexity index is 455. The average Bonchev–Trinajstić information content (AvgIpc) is 2.39. The molecule has 1 aliphatic heterocycles. The number of carbonyl (C=O) groups excluding carboxylic acids is 1. The van der Waals surface area contributed by atoms with E-state index in [1.165, 1.54) is 12.5 Å². The zero-order valence-electron chi connectivity index (χ0n) is 11.6. The van der Waals surface area contributed by atoms with Gasteiger partial charge in [0.05, 0.1) is 0 Å². The van der Waals surface area contributed by atoms with Crippen LogP contribution in [0.2, 0.25) is 0 Å². The van der Waals surface area contributed by atoms with Crippen LogP contribution in [0, 0.1) is 0 Å². The molecule has 0 radical (unpaired) electrons. The van der Waals surface area contributed by atoms with Crippen molar-refractivity contribution in [3.05, 3.63) is 48.0 Å². The number of esters is 1. The maximum atomic E-state index is 11.2. The molecule has 0 unspecified atom stereocenters. The van der Waals surface area contributed by atoms with Crippen LogP contribution >= 0.6 is 0 Å². The van der Waals surface area contributed by atoms with Crippen molar-refractivity contribution in [2.45, 2.75) is 39.0 Å². The van der Waals surface area contributed by atoms with Gasteiger partial charge in [-0.25, -0.2) is 0 Å². The molecule has 1 aromatic carbocycles. The SMILES string of the molecule is C=C1CCN(Cc2ccccc2)[C@@H](C)[C@@H]1OC(C)=O. The van der Waals surface area contributed by atoms with E-state index in [0.29, 0.717) is 0 Å². The van der Waals surface area contributed by atoms with Crippen LogP contribution in [0.5, 0.6) is 0 Å². The molecule has 0 spiro atoms. The van der Waals surface area contributed by atoms with Gasteiger partial charge in [0.25, 0.3) is 0 Å². The highest BCUT2D eigenvalue weighted by molar-refractivity contribution is 5.66. The van der Waals surface area contributed by atoms with Gasteiger partial charge in [0, 0.05) is 26.1 Å². The maximum Gasteiger partial charge on any atom is 0.303 e. The molecule has 1 aliphatic rings. The largest absolute Gasteiger partial charge is 0.456 e. The lowest BCUT2D eigenvalue weighted by Crippen LogP contribution is -2.48. The molecular formula is C16H21NO2. The lowest BCUT2D eigenvalue weighted by Gasteiger charge is -2.39. The molecule has 1 fully saturated rings. The molecule has 102 valence electrons. The van der Waals surface area contributed by atoms with Gasteiger partial charge in [0.15, 0.2) is 0 Å². The van der Waals surface area contributed by atoms with Crippen molar-refractivity contribution in [1.82, 2.24) is 4.90 Å². The molecule has 1 saturated heterocycles. The molecule has 0 bridgehead atoms. The van der Waals surface area contributed by atoms with Crippen molar-refractivity contribution < 1.29 is 9.53 Å². The van der Waals surface area contributed by atoms with Crippen LogP contribution in [-0.4, -0.2) is 29.6 Å². The molecule has 3 heteroatoms. The first-order valence-electron chi connectivity index (χ1n) is 6.71. The van der Waals surface area contributed by atoms with Gasteiger partial charge >= 0.3 is 5.97 Å². The van der Waals surface area contributed by atoms with Gasteiger partial charge in [-0.15, -0.1) is 0 Å². The highest BCUT2D eigenvalue weighted by Crippen LogP contribution is 2.25. The first-order valence-corrected chi connectivity index (χ1v) is 6.71. The number of piperidine rings is 1. The van der Waals surface area contributed by atoms with Crippen molar-refractivity contribution in [2.24, 2.45) is 0 Å². The highest BCUT2D eigenvalue weighted by atomic mass is 16.5. The summed E-state index contributed by atoms with van der Waals surface area (Å²) >= 11 is 0. The van der Waals surface area contributed by atoms with Gasteiger partial charge in [0.1, 0.15) is 6.10 Å². The Balaban J connectivity index is 2.06. The van der Waals surface area contributed by atoms with Crippen molar-refractivity contribution in [1.29, 1.82) is 0 Å². The van der Waals surface area contributed by atoms with E-state index >= 15 is 0 Å². The predicted molar refractivity (Wildman–Crippen MR) is 75.6 cm³/mol. The van der Waals surface area contributed by atoms with Gasteiger partial charge in [0.2, 0.25) is 0 Å². The van der Waals surface area contributed by atoms with Gasteiger partial charge in [-0.05, 0) is 24.5 Å². The smallest absolute Gasteiger partial charge is 0.303 e. The van der Waals surface area contributed by atoms with E-state index in [4.69, 9.17) is 4.74 Å². The highest BCUT2D eigenvalue weighted by Gasteiger charge is 2.32. The van der Waals surface area contributed by atoms with Crippen LogP contribution in [0.15, 0.2) is 42.5 Å². The molecule has 2 atom stereocenters. The normalized spacial score (nSPS) is 24.2. The summed E-state index contributed by atoms with van der Waals surface area (Å²) in [6.07, 6.45) is 0.699. The fraction of sp³-hybridized carbons (Fsp3) is 0.438. The Morgan fingerprint density at radius 2 is 2.11 bits per heavy atom. The number of carbonyl (C=O) groups is 1. The van der Waals surface area contributed by atoms with E-state index < -0.39 is 0 Å². The summed E-state index contributed by atoms with van der Waals surface area (Å²) in [6.45, 7) is 9.44. The van der Waals surface area contributed by atoms with E-state index in [1.807, 2.05) is 18.2 Å². The van der Waals surface area contributed by atoms with Crippen molar-refractivity contribution >= 4 is 5.97 Å². The zero-order valence-corrected chi connectivity index (χ0v) is 11.6. The quantitative estimate of drug-likeness (QED) is 0.617. The third kappa shape index (κ3) is 3.44. The number of likely N-dealkylation sites (tertiary alicyclic amines) is 1. The molecule has 1 aromatic rings. The van der Waals surface area contributed by atoms with Crippen LogP contribution in [0.1, 0.15) is 25.8 Å². The standard InChI is InChI=1S/C16H21NO2/c1-12-9-10-17(11-15-7-5-4-6-8-15)13(2)16(12)19-14(3)18/h4-8,13,16H,1,9-11H2,2-3H3/t13-,16+/m0/s1. The van der Waals surface area contributed by atoms with E-state index in [9.17, 15) is 4.79 Å². The van der Waals surface area contributed by atoms with Crippen molar-refractivity contribution in [3.63, 3.8) is 0 Å². The predicted octanol–water partition coefficient (Wildman–Crippen LogP) is 2.77. The second-order valence-corrected chi connectivity index (χ2v) is 5.13. The van der Waals surface area contributed by atoms with E-state index in [0.717, 1.165) is 25.1 Å². The molecule has 2 rings (SSSR count). The van der Waals surface area contributed by atoms with Gasteiger partial charge in [-0.1, -0.05) is 36.9 Å². The molecule has 0 N–H and O–H groups in total. The Labute approximate surface area is 114 Å². The van der Waals surface area contributed by atoms with Crippen LogP contribution < -0.4 is 0 Å². The van der Waals surface area contributed by atoms with Gasteiger partial charge in [-0.2, -0.15) is 0 Å². The lowest BCUT2D eigenvalue weighted by atomic mass is 9.95. The van der Waals surface area contributed by atoms with Crippen LogP contribution in [0.3, 0.4) is 0 Å². The summed E-state index contributed by atoms with van der Waals surface area (Å²) in [6, 6.07) is 10.5. The number of hydrogen-bond donors (Lipinski definition) is 0. The van der Waals surface area contributed by atoms with Crippen LogP contribution in [-0.2, 0) is 16.1 Å². The molecule has 0 saturated carbocycles. The number of nitrogens with zero attached hydrogens (tertiary/aromatic N) is 1. The summed E-state index contributed by atoms with van der Waals surface area (Å²) < 4.78 is 5.40. The first kappa shape index (κ1) is 13.8. The second-order valence-electron chi connectivity index (χ2n) is 5.13. The summed E-state index contributed by atoms with van der Waals surface area (Å²) in [5.41, 5.74) is 2.30. The van der Waals surface area contributed by atoms with Crippen LogP contribution in [0.25, 0.3) is 0 Å². The van der Waals surface area contributed by atoms with Crippen molar-refractivity contribution in [2.75, 3.05) is 6.54 Å². The lowest BCUT2D eigenvalue weighted by molar-refractivity contribution is -0.148. The Morgan fingerprint density at radius 3 is 2.74 bits per heavy atom. The summed E-state index contributed by atoms with van der Waals surface area (Å²) in [7, 11) is 0. The second kappa shape index (κ2) is 6.02. The van der Waals surface area contributed by atoms with E-state index in [2.05, 4.69) is 30.5 Å².